The molecule has 2 aliphatic rings. The van der Waals surface area contributed by atoms with Gasteiger partial charge in [0.15, 0.2) is 0 Å². The quantitative estimate of drug-likeness (QED) is 0.763. The highest BCUT2D eigenvalue weighted by Crippen LogP contribution is 2.23. The fourth-order valence-electron chi connectivity index (χ4n) is 3.21. The van der Waals surface area contributed by atoms with Crippen LogP contribution in [-0.4, -0.2) is 37.0 Å². The molecule has 2 fully saturated rings. The lowest BCUT2D eigenvalue weighted by molar-refractivity contribution is -0.125. The van der Waals surface area contributed by atoms with E-state index in [0.29, 0.717) is 11.8 Å². The van der Waals surface area contributed by atoms with Gasteiger partial charge in [0.2, 0.25) is 5.91 Å². The van der Waals surface area contributed by atoms with Crippen LogP contribution in [0.4, 0.5) is 0 Å². The van der Waals surface area contributed by atoms with Gasteiger partial charge in [0.1, 0.15) is 0 Å². The topological polar surface area (TPSA) is 32.3 Å². The zero-order valence-electron chi connectivity index (χ0n) is 11.6. The van der Waals surface area contributed by atoms with Crippen LogP contribution in [0.3, 0.4) is 0 Å². The van der Waals surface area contributed by atoms with Gasteiger partial charge in [-0.05, 0) is 51.7 Å². The number of amides is 1. The number of piperidine rings is 1. The molecule has 1 heterocycles. The van der Waals surface area contributed by atoms with Crippen molar-refractivity contribution in [1.82, 2.24) is 10.2 Å². The summed E-state index contributed by atoms with van der Waals surface area (Å²) in [5.41, 5.74) is 0. The summed E-state index contributed by atoms with van der Waals surface area (Å²) in [7, 11) is 0. The maximum atomic E-state index is 11.9. The average Bonchev–Trinajstić information content (AvgIpc) is 2.45. The molecule has 1 aliphatic heterocycles. The van der Waals surface area contributed by atoms with Gasteiger partial charge in [-0.3, -0.25) is 4.79 Å². The van der Waals surface area contributed by atoms with Crippen molar-refractivity contribution in [2.75, 3.05) is 26.2 Å². The Hall–Kier alpha value is -0.570. The standard InChI is InChI=1S/C15H28N2O/c18-15(14-8-3-1-4-9-14)16-10-7-13-17-11-5-2-6-12-17/h14H,1-13H2,(H,16,18). The maximum Gasteiger partial charge on any atom is 0.223 e. The average molecular weight is 252 g/mol. The Morgan fingerprint density at radius 3 is 2.39 bits per heavy atom. The number of carbonyl (C=O) groups excluding carboxylic acids is 1. The Balaban J connectivity index is 1.52. The van der Waals surface area contributed by atoms with Gasteiger partial charge in [0, 0.05) is 12.5 Å². The summed E-state index contributed by atoms with van der Waals surface area (Å²) in [4.78, 5) is 14.5. The zero-order valence-corrected chi connectivity index (χ0v) is 11.6. The highest BCUT2D eigenvalue weighted by Gasteiger charge is 2.20. The minimum absolute atomic E-state index is 0.313. The van der Waals surface area contributed by atoms with Crippen LogP contribution in [0.15, 0.2) is 0 Å². The number of nitrogens with one attached hydrogen (secondary N) is 1. The third-order valence-corrected chi connectivity index (χ3v) is 4.37. The molecule has 0 aromatic carbocycles. The van der Waals surface area contributed by atoms with Crippen LogP contribution < -0.4 is 5.32 Å². The number of likely N-dealkylation sites (tertiary alicyclic amines) is 1. The van der Waals surface area contributed by atoms with Crippen molar-refractivity contribution in [2.45, 2.75) is 57.8 Å². The predicted molar refractivity (Wildman–Crippen MR) is 74.5 cm³/mol. The first-order valence-electron chi connectivity index (χ1n) is 7.86. The van der Waals surface area contributed by atoms with E-state index >= 15 is 0 Å². The number of hydrogen-bond donors (Lipinski definition) is 1. The highest BCUT2D eigenvalue weighted by atomic mass is 16.1. The van der Waals surface area contributed by atoms with Crippen LogP contribution in [0.1, 0.15) is 57.8 Å². The van der Waals surface area contributed by atoms with Crippen molar-refractivity contribution in [1.29, 1.82) is 0 Å². The molecule has 3 nitrogen and oxygen atoms in total. The molecular formula is C15H28N2O. The molecule has 2 rings (SSSR count). The maximum absolute atomic E-state index is 11.9. The van der Waals surface area contributed by atoms with Crippen molar-refractivity contribution in [3.63, 3.8) is 0 Å². The van der Waals surface area contributed by atoms with E-state index in [1.165, 1.54) is 51.6 Å². The molecule has 104 valence electrons. The van der Waals surface area contributed by atoms with Gasteiger partial charge in [-0.1, -0.05) is 25.7 Å². The van der Waals surface area contributed by atoms with E-state index in [1.807, 2.05) is 0 Å². The molecule has 0 aromatic rings. The van der Waals surface area contributed by atoms with Gasteiger partial charge in [0.25, 0.3) is 0 Å². The normalized spacial score (nSPS) is 22.9. The van der Waals surface area contributed by atoms with Crippen LogP contribution >= 0.6 is 0 Å². The number of carbonyl (C=O) groups is 1. The molecule has 1 amide bonds. The molecule has 0 radical (unpaired) electrons. The Labute approximate surface area is 111 Å². The minimum Gasteiger partial charge on any atom is -0.356 e. The van der Waals surface area contributed by atoms with E-state index in [9.17, 15) is 4.79 Å². The van der Waals surface area contributed by atoms with E-state index in [4.69, 9.17) is 0 Å². The van der Waals surface area contributed by atoms with E-state index in [0.717, 1.165) is 32.4 Å². The highest BCUT2D eigenvalue weighted by molar-refractivity contribution is 5.78. The van der Waals surface area contributed by atoms with Gasteiger partial charge >= 0.3 is 0 Å². The summed E-state index contributed by atoms with van der Waals surface area (Å²) >= 11 is 0. The second-order valence-electron chi connectivity index (χ2n) is 5.88. The lowest BCUT2D eigenvalue weighted by atomic mass is 9.89. The fourth-order valence-corrected chi connectivity index (χ4v) is 3.21. The molecule has 1 N–H and O–H groups in total. The fraction of sp³-hybridized carbons (Fsp3) is 0.933. The molecule has 0 bridgehead atoms. The summed E-state index contributed by atoms with van der Waals surface area (Å²) in [5, 5.41) is 3.13. The predicted octanol–water partition coefficient (Wildman–Crippen LogP) is 2.56. The van der Waals surface area contributed by atoms with Crippen LogP contribution in [0.2, 0.25) is 0 Å². The zero-order chi connectivity index (χ0) is 12.6. The number of hydrogen-bond acceptors (Lipinski definition) is 2. The van der Waals surface area contributed by atoms with Crippen LogP contribution in [0.25, 0.3) is 0 Å². The molecule has 3 heteroatoms. The van der Waals surface area contributed by atoms with Crippen LogP contribution in [-0.2, 0) is 4.79 Å². The van der Waals surface area contributed by atoms with Gasteiger partial charge in [-0.15, -0.1) is 0 Å². The second kappa shape index (κ2) is 7.78. The van der Waals surface area contributed by atoms with Crippen LogP contribution in [0, 0.1) is 5.92 Å². The first-order chi connectivity index (χ1) is 8.86. The van der Waals surface area contributed by atoms with Gasteiger partial charge in [-0.25, -0.2) is 0 Å². The summed E-state index contributed by atoms with van der Waals surface area (Å²) < 4.78 is 0. The molecule has 1 aliphatic carbocycles. The summed E-state index contributed by atoms with van der Waals surface area (Å²) in [6, 6.07) is 0. The van der Waals surface area contributed by atoms with Crippen molar-refractivity contribution < 1.29 is 4.79 Å². The lowest BCUT2D eigenvalue weighted by Crippen LogP contribution is -2.35. The van der Waals surface area contributed by atoms with Crippen molar-refractivity contribution in [2.24, 2.45) is 5.92 Å². The molecular weight excluding hydrogens is 224 g/mol. The smallest absolute Gasteiger partial charge is 0.223 e. The van der Waals surface area contributed by atoms with Gasteiger partial charge < -0.3 is 10.2 Å². The van der Waals surface area contributed by atoms with Gasteiger partial charge in [-0.2, -0.15) is 0 Å². The monoisotopic (exact) mass is 252 g/mol. The van der Waals surface area contributed by atoms with Crippen molar-refractivity contribution >= 4 is 5.91 Å². The molecule has 0 spiro atoms. The van der Waals surface area contributed by atoms with Gasteiger partial charge in [0.05, 0.1) is 0 Å². The Kier molecular flexibility index (Phi) is 5.98. The van der Waals surface area contributed by atoms with E-state index in [-0.39, 0.29) is 0 Å². The number of rotatable bonds is 5. The molecule has 18 heavy (non-hydrogen) atoms. The number of nitrogens with zero attached hydrogens (tertiary/aromatic N) is 1. The van der Waals surface area contributed by atoms with Crippen LogP contribution in [0.5, 0.6) is 0 Å². The van der Waals surface area contributed by atoms with Crippen molar-refractivity contribution in [3.8, 4) is 0 Å². The minimum atomic E-state index is 0.313. The Bertz CT molecular complexity index is 243. The second-order valence-corrected chi connectivity index (χ2v) is 5.88. The molecule has 0 aromatic heterocycles. The lowest BCUT2D eigenvalue weighted by Gasteiger charge is -2.26. The SMILES string of the molecule is O=C(NCCCN1CCCCC1)C1CCCCC1. The Morgan fingerprint density at radius 1 is 1.00 bits per heavy atom. The van der Waals surface area contributed by atoms with E-state index < -0.39 is 0 Å². The van der Waals surface area contributed by atoms with E-state index in [2.05, 4.69) is 10.2 Å². The molecule has 1 saturated carbocycles. The molecule has 1 saturated heterocycles. The first kappa shape index (κ1) is 13.9. The van der Waals surface area contributed by atoms with Crippen molar-refractivity contribution in [3.05, 3.63) is 0 Å². The Morgan fingerprint density at radius 2 is 1.67 bits per heavy atom. The summed E-state index contributed by atoms with van der Waals surface area (Å²) in [6.45, 7) is 4.55. The van der Waals surface area contributed by atoms with E-state index in [1.54, 1.807) is 0 Å². The summed E-state index contributed by atoms with van der Waals surface area (Å²) in [6.07, 6.45) is 11.2. The summed E-state index contributed by atoms with van der Waals surface area (Å²) in [5.74, 6) is 0.627. The molecule has 0 atom stereocenters. The third-order valence-electron chi connectivity index (χ3n) is 4.37. The largest absolute Gasteiger partial charge is 0.356 e. The molecule has 0 unspecified atom stereocenters. The third kappa shape index (κ3) is 4.60. The first-order valence-corrected chi connectivity index (χ1v) is 7.86.